The summed E-state index contributed by atoms with van der Waals surface area (Å²) in [5.74, 6) is -2.71. The lowest BCUT2D eigenvalue weighted by atomic mass is 9.96. The summed E-state index contributed by atoms with van der Waals surface area (Å²) >= 11 is 0.947. The minimum atomic E-state index is -0.982. The molecule has 1 fully saturated rings. The summed E-state index contributed by atoms with van der Waals surface area (Å²) in [5.41, 5.74) is 3.21. The maximum atomic E-state index is 13.5. The third kappa shape index (κ3) is 3.99. The Balaban J connectivity index is 1.69. The van der Waals surface area contributed by atoms with Gasteiger partial charge >= 0.3 is 11.9 Å². The summed E-state index contributed by atoms with van der Waals surface area (Å²) in [6.45, 7) is 8.87. The number of esters is 1. The second-order valence-electron chi connectivity index (χ2n) is 8.81. The minimum Gasteiger partial charge on any atom is -0.505 e. The zero-order chi connectivity index (χ0) is 27.1. The monoisotopic (exact) mass is 528 g/mol. The van der Waals surface area contributed by atoms with Gasteiger partial charge in [0, 0.05) is 6.20 Å². The molecule has 1 aliphatic heterocycles. The van der Waals surface area contributed by atoms with Gasteiger partial charge in [0.05, 0.1) is 23.0 Å². The number of rotatable bonds is 6. The van der Waals surface area contributed by atoms with Crippen LogP contribution in [-0.2, 0) is 14.3 Å². The molecule has 1 N–H and O–H groups in total. The molecule has 3 aromatic heterocycles. The molecule has 1 aliphatic rings. The number of carbonyl (C=O) groups is 3. The van der Waals surface area contributed by atoms with Crippen LogP contribution in [0.4, 0.5) is 5.13 Å². The Labute approximate surface area is 222 Å². The van der Waals surface area contributed by atoms with Crippen LogP contribution >= 0.6 is 11.3 Å². The molecule has 0 radical (unpaired) electrons. The summed E-state index contributed by atoms with van der Waals surface area (Å²) in [7, 11) is 0. The van der Waals surface area contributed by atoms with E-state index in [2.05, 4.69) is 16.5 Å². The van der Waals surface area contributed by atoms with E-state index in [0.29, 0.717) is 22.6 Å². The van der Waals surface area contributed by atoms with E-state index in [1.165, 1.54) is 11.0 Å². The van der Waals surface area contributed by atoms with E-state index >= 15 is 0 Å². The van der Waals surface area contributed by atoms with Crippen molar-refractivity contribution in [2.24, 2.45) is 0 Å². The molecule has 0 bridgehead atoms. The fraction of sp³-hybridized carbons (Fsp3) is 0.179. The van der Waals surface area contributed by atoms with Crippen LogP contribution in [-0.4, -0.2) is 43.7 Å². The van der Waals surface area contributed by atoms with Crippen molar-refractivity contribution in [3.63, 3.8) is 0 Å². The Kier molecular flexibility index (Phi) is 6.41. The van der Waals surface area contributed by atoms with Gasteiger partial charge in [0.1, 0.15) is 22.8 Å². The van der Waals surface area contributed by atoms with Crippen molar-refractivity contribution in [3.8, 4) is 0 Å². The van der Waals surface area contributed by atoms with E-state index in [9.17, 15) is 19.5 Å². The Morgan fingerprint density at radius 1 is 1.13 bits per heavy atom. The fourth-order valence-corrected chi connectivity index (χ4v) is 5.52. The molecule has 10 heteroatoms. The molecule has 192 valence electrons. The van der Waals surface area contributed by atoms with Crippen LogP contribution in [0.2, 0.25) is 0 Å². The normalized spacial score (nSPS) is 16.8. The van der Waals surface area contributed by atoms with Crippen molar-refractivity contribution in [2.45, 2.75) is 26.8 Å². The first-order valence-electron chi connectivity index (χ1n) is 11.8. The second-order valence-corrected chi connectivity index (χ2v) is 9.79. The predicted octanol–water partition coefficient (Wildman–Crippen LogP) is 4.69. The fourth-order valence-electron chi connectivity index (χ4n) is 4.53. The van der Waals surface area contributed by atoms with Crippen molar-refractivity contribution < 1.29 is 24.2 Å². The first-order chi connectivity index (χ1) is 18.2. The number of anilines is 1. The minimum absolute atomic E-state index is 0.0257. The molecule has 1 atom stereocenters. The molecule has 0 aliphatic carbocycles. The van der Waals surface area contributed by atoms with Crippen molar-refractivity contribution >= 4 is 45.5 Å². The molecule has 1 saturated heterocycles. The van der Waals surface area contributed by atoms with Crippen LogP contribution in [0.1, 0.15) is 43.9 Å². The highest BCUT2D eigenvalue weighted by Gasteiger charge is 2.49. The maximum Gasteiger partial charge on any atom is 0.350 e. The summed E-state index contributed by atoms with van der Waals surface area (Å²) in [6, 6.07) is 11.7. The van der Waals surface area contributed by atoms with E-state index in [1.807, 2.05) is 35.7 Å². The number of hydrogen-bond donors (Lipinski definition) is 1. The molecule has 1 aromatic carbocycles. The first-order valence-corrected chi connectivity index (χ1v) is 12.6. The molecule has 4 aromatic rings. The van der Waals surface area contributed by atoms with Crippen molar-refractivity contribution in [3.05, 3.63) is 100.0 Å². The molecule has 38 heavy (non-hydrogen) atoms. The highest BCUT2D eigenvalue weighted by Crippen LogP contribution is 2.44. The lowest BCUT2D eigenvalue weighted by Crippen LogP contribution is -2.29. The third-order valence-corrected chi connectivity index (χ3v) is 7.51. The average molecular weight is 529 g/mol. The van der Waals surface area contributed by atoms with Crippen LogP contribution in [0.15, 0.2) is 66.9 Å². The van der Waals surface area contributed by atoms with E-state index in [4.69, 9.17) is 4.74 Å². The van der Waals surface area contributed by atoms with Gasteiger partial charge in [0.2, 0.25) is 0 Å². The number of aliphatic hydroxyl groups excluding tert-OH is 1. The van der Waals surface area contributed by atoms with Gasteiger partial charge in [-0.2, -0.15) is 0 Å². The molecular formula is C28H24N4O5S. The number of carbonyl (C=O) groups excluding carboxylic acids is 3. The number of benzene rings is 1. The molecule has 0 spiro atoms. The van der Waals surface area contributed by atoms with E-state index in [0.717, 1.165) is 16.9 Å². The van der Waals surface area contributed by atoms with Crippen LogP contribution in [0, 0.1) is 20.8 Å². The second kappa shape index (κ2) is 9.71. The standard InChI is InChI=1S/C28H24N4O5S/c1-5-14-37-27(36)24-16(3)29-28(38-24)32-21(18-11-7-6-8-12-18)19(23(34)26(32)35)22(33)20-17(4)31-13-9-10-15(2)25(31)30-20/h5-13,21,33H,1,14H2,2-4H3/b22-19+. The molecule has 9 nitrogen and oxygen atoms in total. The van der Waals surface area contributed by atoms with E-state index < -0.39 is 23.7 Å². The van der Waals surface area contributed by atoms with E-state index in [-0.39, 0.29) is 33.6 Å². The van der Waals surface area contributed by atoms with Crippen LogP contribution < -0.4 is 4.90 Å². The topological polar surface area (TPSA) is 114 Å². The summed E-state index contributed by atoms with van der Waals surface area (Å²) in [4.78, 5) is 49.9. The Morgan fingerprint density at radius 2 is 1.87 bits per heavy atom. The first kappa shape index (κ1) is 25.1. The number of aliphatic hydroxyl groups is 1. The van der Waals surface area contributed by atoms with Crippen LogP contribution in [0.5, 0.6) is 0 Å². The van der Waals surface area contributed by atoms with Gasteiger partial charge < -0.3 is 14.2 Å². The highest BCUT2D eigenvalue weighted by atomic mass is 32.1. The number of aryl methyl sites for hydroxylation is 3. The molecular weight excluding hydrogens is 504 g/mol. The Morgan fingerprint density at radius 3 is 2.55 bits per heavy atom. The summed E-state index contributed by atoms with van der Waals surface area (Å²) in [5, 5.41) is 11.7. The van der Waals surface area contributed by atoms with Crippen LogP contribution in [0.3, 0.4) is 0 Å². The van der Waals surface area contributed by atoms with Crippen LogP contribution in [0.25, 0.3) is 11.4 Å². The number of imidazole rings is 1. The zero-order valence-electron chi connectivity index (χ0n) is 21.0. The number of ketones is 1. The number of hydrogen-bond acceptors (Lipinski definition) is 8. The quantitative estimate of drug-likeness (QED) is 0.127. The number of ether oxygens (including phenoxy) is 1. The predicted molar refractivity (Wildman–Crippen MR) is 143 cm³/mol. The largest absolute Gasteiger partial charge is 0.505 e. The lowest BCUT2D eigenvalue weighted by Gasteiger charge is -2.22. The van der Waals surface area contributed by atoms with Gasteiger partial charge in [-0.15, -0.1) is 0 Å². The molecule has 1 unspecified atom stereocenters. The number of Topliss-reactive ketones (excluding diaryl/α,β-unsaturated/α-hetero) is 1. The van der Waals surface area contributed by atoms with Gasteiger partial charge in [-0.25, -0.2) is 14.8 Å². The average Bonchev–Trinajstić information content (AvgIpc) is 3.55. The van der Waals surface area contributed by atoms with Crippen molar-refractivity contribution in [1.82, 2.24) is 14.4 Å². The molecule has 0 saturated carbocycles. The number of amides is 1. The van der Waals surface area contributed by atoms with Gasteiger partial charge in [-0.1, -0.05) is 60.4 Å². The lowest BCUT2D eigenvalue weighted by molar-refractivity contribution is -0.132. The van der Waals surface area contributed by atoms with Gasteiger partial charge in [-0.05, 0) is 38.0 Å². The zero-order valence-corrected chi connectivity index (χ0v) is 21.8. The Bertz CT molecular complexity index is 1650. The maximum absolute atomic E-state index is 13.5. The summed E-state index contributed by atoms with van der Waals surface area (Å²) in [6.07, 6.45) is 3.27. The van der Waals surface area contributed by atoms with E-state index in [1.54, 1.807) is 38.1 Å². The van der Waals surface area contributed by atoms with Gasteiger partial charge in [0.25, 0.3) is 5.78 Å². The smallest absolute Gasteiger partial charge is 0.350 e. The molecule has 5 rings (SSSR count). The highest BCUT2D eigenvalue weighted by molar-refractivity contribution is 7.17. The molecule has 1 amide bonds. The number of aromatic nitrogens is 3. The number of nitrogens with zero attached hydrogens (tertiary/aromatic N) is 4. The van der Waals surface area contributed by atoms with Crippen molar-refractivity contribution in [2.75, 3.05) is 11.5 Å². The Hall–Kier alpha value is -4.57. The number of thiazole rings is 1. The van der Waals surface area contributed by atoms with Gasteiger partial charge in [0.15, 0.2) is 10.9 Å². The van der Waals surface area contributed by atoms with Gasteiger partial charge in [-0.3, -0.25) is 14.5 Å². The number of fused-ring (bicyclic) bond motifs is 1. The summed E-state index contributed by atoms with van der Waals surface area (Å²) < 4.78 is 6.97. The SMILES string of the molecule is C=CCOC(=O)c1sc(N2C(=O)C(=O)/C(=C(/O)c3nc4c(C)cccn4c3C)C2c2ccccc2)nc1C. The number of pyridine rings is 1. The van der Waals surface area contributed by atoms with Crippen molar-refractivity contribution in [1.29, 1.82) is 0 Å². The molecule has 4 heterocycles. The third-order valence-electron chi connectivity index (χ3n) is 6.38.